The van der Waals surface area contributed by atoms with Crippen LogP contribution in [0.4, 0.5) is 11.5 Å². The van der Waals surface area contributed by atoms with Gasteiger partial charge in [0.05, 0.1) is 4.92 Å². The lowest BCUT2D eigenvalue weighted by Crippen LogP contribution is -2.30. The van der Waals surface area contributed by atoms with Gasteiger partial charge in [0.2, 0.25) is 5.82 Å². The second-order valence-electron chi connectivity index (χ2n) is 6.33. The molecule has 0 fully saturated rings. The number of aromatic nitrogens is 2. The fourth-order valence-electron chi connectivity index (χ4n) is 3.42. The van der Waals surface area contributed by atoms with Gasteiger partial charge in [0, 0.05) is 20.1 Å². The summed E-state index contributed by atoms with van der Waals surface area (Å²) in [5.41, 5.74) is 4.58. The van der Waals surface area contributed by atoms with Crippen molar-refractivity contribution in [2.24, 2.45) is 7.05 Å². The monoisotopic (exact) mass is 340 g/mol. The Hall–Kier alpha value is -2.63. The van der Waals surface area contributed by atoms with E-state index in [2.05, 4.69) is 42.4 Å². The van der Waals surface area contributed by atoms with Crippen molar-refractivity contribution in [3.8, 4) is 0 Å². The van der Waals surface area contributed by atoms with Gasteiger partial charge < -0.3 is 4.90 Å². The summed E-state index contributed by atoms with van der Waals surface area (Å²) in [4.78, 5) is 13.3. The molecule has 2 heterocycles. The number of hydrogen-bond donors (Lipinski definition) is 0. The summed E-state index contributed by atoms with van der Waals surface area (Å²) < 4.78 is 1.64. The van der Waals surface area contributed by atoms with E-state index in [4.69, 9.17) is 0 Å². The number of hydrogen-bond acceptors (Lipinski definition) is 4. The Balaban J connectivity index is 1.85. The van der Waals surface area contributed by atoms with E-state index in [9.17, 15) is 10.1 Å². The van der Waals surface area contributed by atoms with Gasteiger partial charge >= 0.3 is 5.69 Å². The quantitative estimate of drug-likeness (QED) is 0.614. The van der Waals surface area contributed by atoms with E-state index >= 15 is 0 Å². The zero-order valence-electron chi connectivity index (χ0n) is 15.0. The largest absolute Gasteiger partial charge is 0.347 e. The van der Waals surface area contributed by atoms with E-state index < -0.39 is 0 Å². The lowest BCUT2D eigenvalue weighted by molar-refractivity contribution is -0.384. The molecule has 0 saturated carbocycles. The third-order valence-corrected chi connectivity index (χ3v) is 4.82. The maximum Gasteiger partial charge on any atom is 0.334 e. The number of benzene rings is 1. The molecule has 0 radical (unpaired) electrons. The average molecular weight is 340 g/mol. The number of nitrogens with zero attached hydrogens (tertiary/aromatic N) is 4. The van der Waals surface area contributed by atoms with Crippen molar-refractivity contribution >= 4 is 17.1 Å². The Kier molecular flexibility index (Phi) is 4.88. The highest BCUT2D eigenvalue weighted by Crippen LogP contribution is 2.34. The van der Waals surface area contributed by atoms with Gasteiger partial charge in [-0.2, -0.15) is 5.10 Å². The van der Waals surface area contributed by atoms with E-state index in [1.165, 1.54) is 16.7 Å². The predicted octanol–water partition coefficient (Wildman–Crippen LogP) is 3.75. The highest BCUT2D eigenvalue weighted by molar-refractivity contribution is 5.70. The topological polar surface area (TPSA) is 64.2 Å². The van der Waals surface area contributed by atoms with Crippen LogP contribution >= 0.6 is 0 Å². The SMILES string of the molecule is CCc1ccc(C2=CCN(c3c([N+](=O)[O-])c(CC)nn3C)CC2)cc1. The summed E-state index contributed by atoms with van der Waals surface area (Å²) >= 11 is 0. The zero-order valence-corrected chi connectivity index (χ0v) is 15.0. The van der Waals surface area contributed by atoms with Crippen molar-refractivity contribution in [3.63, 3.8) is 0 Å². The maximum atomic E-state index is 11.5. The summed E-state index contributed by atoms with van der Waals surface area (Å²) in [5.74, 6) is 0.610. The predicted molar refractivity (Wildman–Crippen MR) is 99.9 cm³/mol. The standard InChI is InChI=1S/C19H24N4O2/c1-4-14-6-8-15(9-7-14)16-10-12-22(13-11-16)19-18(23(24)25)17(5-2)20-21(19)3/h6-10H,4-5,11-13H2,1-3H3. The highest BCUT2D eigenvalue weighted by atomic mass is 16.6. The molecule has 3 rings (SSSR count). The number of anilines is 1. The van der Waals surface area contributed by atoms with E-state index in [-0.39, 0.29) is 10.6 Å². The van der Waals surface area contributed by atoms with Gasteiger partial charge in [-0.05, 0) is 36.0 Å². The van der Waals surface area contributed by atoms with Crippen LogP contribution in [0.2, 0.25) is 0 Å². The highest BCUT2D eigenvalue weighted by Gasteiger charge is 2.30. The van der Waals surface area contributed by atoms with Crippen molar-refractivity contribution in [1.29, 1.82) is 0 Å². The first-order chi connectivity index (χ1) is 12.0. The van der Waals surface area contributed by atoms with Gasteiger partial charge in [0.1, 0.15) is 5.69 Å². The molecule has 0 saturated heterocycles. The molecule has 6 heteroatoms. The Bertz CT molecular complexity index is 806. The molecule has 0 N–H and O–H groups in total. The summed E-state index contributed by atoms with van der Waals surface area (Å²) in [6.45, 7) is 5.46. The normalized spacial score (nSPS) is 14.5. The fourth-order valence-corrected chi connectivity index (χ4v) is 3.42. The minimum atomic E-state index is -0.302. The lowest BCUT2D eigenvalue weighted by atomic mass is 9.98. The average Bonchev–Trinajstić information content (AvgIpc) is 2.98. The molecule has 6 nitrogen and oxygen atoms in total. The van der Waals surface area contributed by atoms with Crippen LogP contribution in [0.25, 0.3) is 5.57 Å². The van der Waals surface area contributed by atoms with E-state index in [1.54, 1.807) is 11.7 Å². The Morgan fingerprint density at radius 1 is 1.20 bits per heavy atom. The van der Waals surface area contributed by atoms with Gasteiger partial charge in [0.15, 0.2) is 0 Å². The molecule has 0 spiro atoms. The molecule has 132 valence electrons. The molecule has 1 aromatic carbocycles. The molecule has 1 aromatic heterocycles. The summed E-state index contributed by atoms with van der Waals surface area (Å²) in [6, 6.07) is 8.67. The van der Waals surface area contributed by atoms with Crippen molar-refractivity contribution in [2.75, 3.05) is 18.0 Å². The molecular weight excluding hydrogens is 316 g/mol. The fraction of sp³-hybridized carbons (Fsp3) is 0.421. The Morgan fingerprint density at radius 2 is 1.92 bits per heavy atom. The number of rotatable bonds is 5. The maximum absolute atomic E-state index is 11.5. The van der Waals surface area contributed by atoms with Crippen molar-refractivity contribution in [2.45, 2.75) is 33.1 Å². The van der Waals surface area contributed by atoms with Crippen LogP contribution in [0.15, 0.2) is 30.3 Å². The smallest absolute Gasteiger partial charge is 0.334 e. The van der Waals surface area contributed by atoms with Gasteiger partial charge in [-0.1, -0.05) is 44.2 Å². The molecule has 0 bridgehead atoms. The van der Waals surface area contributed by atoms with Gasteiger partial charge in [-0.25, -0.2) is 4.68 Å². The van der Waals surface area contributed by atoms with Crippen LogP contribution in [0.3, 0.4) is 0 Å². The second-order valence-corrected chi connectivity index (χ2v) is 6.33. The van der Waals surface area contributed by atoms with E-state index in [0.717, 1.165) is 19.4 Å². The minimum absolute atomic E-state index is 0.147. The van der Waals surface area contributed by atoms with Gasteiger partial charge in [-0.3, -0.25) is 10.1 Å². The summed E-state index contributed by atoms with van der Waals surface area (Å²) in [6.07, 6.45) is 4.64. The molecular formula is C19H24N4O2. The molecule has 0 unspecified atom stereocenters. The third-order valence-electron chi connectivity index (χ3n) is 4.82. The second kappa shape index (κ2) is 7.09. The minimum Gasteiger partial charge on any atom is -0.347 e. The first kappa shape index (κ1) is 17.2. The molecule has 2 aromatic rings. The summed E-state index contributed by atoms with van der Waals surface area (Å²) in [7, 11) is 1.78. The molecule has 25 heavy (non-hydrogen) atoms. The van der Waals surface area contributed by atoms with E-state index in [0.29, 0.717) is 24.5 Å². The summed E-state index contributed by atoms with van der Waals surface area (Å²) in [5, 5.41) is 15.8. The Morgan fingerprint density at radius 3 is 2.44 bits per heavy atom. The number of aryl methyl sites for hydroxylation is 3. The lowest BCUT2D eigenvalue weighted by Gasteiger charge is -2.27. The molecule has 0 aliphatic carbocycles. The Labute approximate surface area is 147 Å². The van der Waals surface area contributed by atoms with Crippen molar-refractivity contribution in [3.05, 3.63) is 57.3 Å². The van der Waals surface area contributed by atoms with Crippen LogP contribution in [-0.2, 0) is 19.9 Å². The molecule has 1 aliphatic rings. The van der Waals surface area contributed by atoms with Crippen molar-refractivity contribution in [1.82, 2.24) is 9.78 Å². The van der Waals surface area contributed by atoms with Gasteiger partial charge in [0.25, 0.3) is 0 Å². The van der Waals surface area contributed by atoms with E-state index in [1.807, 2.05) is 11.8 Å². The molecule has 0 amide bonds. The van der Waals surface area contributed by atoms with Crippen LogP contribution < -0.4 is 4.90 Å². The van der Waals surface area contributed by atoms with Crippen LogP contribution in [0.1, 0.15) is 37.1 Å². The van der Waals surface area contributed by atoms with Gasteiger partial charge in [-0.15, -0.1) is 0 Å². The van der Waals surface area contributed by atoms with Crippen LogP contribution in [0, 0.1) is 10.1 Å². The van der Waals surface area contributed by atoms with Crippen LogP contribution in [-0.4, -0.2) is 27.8 Å². The third kappa shape index (κ3) is 3.29. The van der Waals surface area contributed by atoms with Crippen molar-refractivity contribution < 1.29 is 4.92 Å². The molecule has 1 aliphatic heterocycles. The zero-order chi connectivity index (χ0) is 18.0. The number of nitro groups is 1. The molecule has 0 atom stereocenters. The van der Waals surface area contributed by atoms with Crippen LogP contribution in [0.5, 0.6) is 0 Å². The first-order valence-corrected chi connectivity index (χ1v) is 8.78. The first-order valence-electron chi connectivity index (χ1n) is 8.78.